The molecule has 2 rings (SSSR count). The summed E-state index contributed by atoms with van der Waals surface area (Å²) in [5.41, 5.74) is 0.555. The van der Waals surface area contributed by atoms with Crippen LogP contribution in [-0.2, 0) is 4.79 Å². The third-order valence-corrected chi connectivity index (χ3v) is 3.32. The van der Waals surface area contributed by atoms with Gasteiger partial charge in [-0.3, -0.25) is 9.59 Å². The lowest BCUT2D eigenvalue weighted by molar-refractivity contribution is -0.127. The van der Waals surface area contributed by atoms with Crippen molar-refractivity contribution in [3.05, 3.63) is 23.8 Å². The summed E-state index contributed by atoms with van der Waals surface area (Å²) in [7, 11) is 1.51. The van der Waals surface area contributed by atoms with Crippen LogP contribution in [0.5, 0.6) is 11.5 Å². The number of carbonyl (C=O) groups is 2. The molecule has 0 aromatic heterocycles. The second kappa shape index (κ2) is 6.41. The maximum Gasteiger partial charge on any atom is 0.261 e. The molecule has 20 heavy (non-hydrogen) atoms. The third-order valence-electron chi connectivity index (χ3n) is 3.32. The van der Waals surface area contributed by atoms with Gasteiger partial charge in [0, 0.05) is 12.1 Å². The summed E-state index contributed by atoms with van der Waals surface area (Å²) >= 11 is 0. The highest BCUT2D eigenvalue weighted by Crippen LogP contribution is 2.30. The summed E-state index contributed by atoms with van der Waals surface area (Å²) in [5.74, 6) is 0.816. The Morgan fingerprint density at radius 2 is 2.10 bits per heavy atom. The first-order valence-corrected chi connectivity index (χ1v) is 6.75. The van der Waals surface area contributed by atoms with Crippen molar-refractivity contribution in [1.29, 1.82) is 0 Å². The van der Waals surface area contributed by atoms with Crippen LogP contribution in [0.25, 0.3) is 0 Å². The number of Topliss-reactive ketones (excluding diaryl/α,β-unsaturated/α-hetero) is 1. The zero-order valence-corrected chi connectivity index (χ0v) is 11.8. The number of hydrogen-bond donors (Lipinski definition) is 1. The van der Waals surface area contributed by atoms with Crippen molar-refractivity contribution in [3.8, 4) is 11.5 Å². The summed E-state index contributed by atoms with van der Waals surface area (Å²) in [6.45, 7) is 2.19. The second-order valence-corrected chi connectivity index (χ2v) is 4.82. The SMILES string of the molecule is COc1cc(C(C)=O)ccc1OC1CCCCNC1=O. The fraction of sp³-hybridized carbons (Fsp3) is 0.467. The summed E-state index contributed by atoms with van der Waals surface area (Å²) in [5, 5.41) is 2.82. The van der Waals surface area contributed by atoms with Crippen LogP contribution < -0.4 is 14.8 Å². The molecule has 0 bridgehead atoms. The van der Waals surface area contributed by atoms with Gasteiger partial charge in [0.05, 0.1) is 7.11 Å². The zero-order chi connectivity index (χ0) is 14.5. The van der Waals surface area contributed by atoms with Crippen LogP contribution >= 0.6 is 0 Å². The van der Waals surface area contributed by atoms with Gasteiger partial charge in [0.1, 0.15) is 0 Å². The molecule has 0 saturated carbocycles. The number of nitrogens with one attached hydrogen (secondary N) is 1. The molecule has 0 spiro atoms. The minimum absolute atomic E-state index is 0.0398. The Morgan fingerprint density at radius 1 is 1.30 bits per heavy atom. The van der Waals surface area contributed by atoms with Crippen molar-refractivity contribution in [2.24, 2.45) is 0 Å². The number of rotatable bonds is 4. The molecule has 1 heterocycles. The zero-order valence-electron chi connectivity index (χ0n) is 11.8. The van der Waals surface area contributed by atoms with Gasteiger partial charge in [-0.25, -0.2) is 0 Å². The van der Waals surface area contributed by atoms with E-state index in [4.69, 9.17) is 9.47 Å². The van der Waals surface area contributed by atoms with Gasteiger partial charge in [-0.1, -0.05) is 0 Å². The number of hydrogen-bond acceptors (Lipinski definition) is 4. The van der Waals surface area contributed by atoms with E-state index in [1.54, 1.807) is 18.2 Å². The van der Waals surface area contributed by atoms with Gasteiger partial charge in [0.2, 0.25) is 0 Å². The molecule has 0 aliphatic carbocycles. The van der Waals surface area contributed by atoms with E-state index in [-0.39, 0.29) is 11.7 Å². The minimum Gasteiger partial charge on any atom is -0.493 e. The Morgan fingerprint density at radius 3 is 2.80 bits per heavy atom. The highest BCUT2D eigenvalue weighted by molar-refractivity contribution is 5.94. The number of methoxy groups -OCH3 is 1. The minimum atomic E-state index is -0.505. The topological polar surface area (TPSA) is 64.6 Å². The number of ketones is 1. The van der Waals surface area contributed by atoms with Gasteiger partial charge in [0.15, 0.2) is 23.4 Å². The summed E-state index contributed by atoms with van der Waals surface area (Å²) in [4.78, 5) is 23.2. The molecule has 1 unspecified atom stereocenters. The van der Waals surface area contributed by atoms with Crippen molar-refractivity contribution in [3.63, 3.8) is 0 Å². The van der Waals surface area contributed by atoms with Gasteiger partial charge in [-0.05, 0) is 44.4 Å². The molecule has 108 valence electrons. The summed E-state index contributed by atoms with van der Waals surface area (Å²) in [6, 6.07) is 4.98. The Labute approximate surface area is 118 Å². The normalized spacial score (nSPS) is 18.9. The highest BCUT2D eigenvalue weighted by atomic mass is 16.5. The molecule has 1 fully saturated rings. The number of ether oxygens (including phenoxy) is 2. The molecule has 1 amide bonds. The van der Waals surface area contributed by atoms with Crippen molar-refractivity contribution in [2.75, 3.05) is 13.7 Å². The predicted octanol–water partition coefficient (Wildman–Crippen LogP) is 1.95. The highest BCUT2D eigenvalue weighted by Gasteiger charge is 2.23. The van der Waals surface area contributed by atoms with E-state index >= 15 is 0 Å². The van der Waals surface area contributed by atoms with Crippen LogP contribution in [0.1, 0.15) is 36.5 Å². The first-order valence-electron chi connectivity index (χ1n) is 6.75. The standard InChI is InChI=1S/C15H19NO4/c1-10(17)11-6-7-12(14(9-11)19-2)20-13-5-3-4-8-16-15(13)18/h6-7,9,13H,3-5,8H2,1-2H3,(H,16,18). The first-order chi connectivity index (χ1) is 9.61. The van der Waals surface area contributed by atoms with Crippen LogP contribution in [0.2, 0.25) is 0 Å². The van der Waals surface area contributed by atoms with Gasteiger partial charge in [0.25, 0.3) is 5.91 Å². The van der Waals surface area contributed by atoms with Gasteiger partial charge < -0.3 is 14.8 Å². The van der Waals surface area contributed by atoms with Crippen LogP contribution in [-0.4, -0.2) is 31.4 Å². The Kier molecular flexibility index (Phi) is 4.61. The number of carbonyl (C=O) groups excluding carboxylic acids is 2. The van der Waals surface area contributed by atoms with E-state index in [0.29, 0.717) is 30.0 Å². The van der Waals surface area contributed by atoms with Crippen LogP contribution in [0.15, 0.2) is 18.2 Å². The van der Waals surface area contributed by atoms with E-state index in [1.807, 2.05) is 0 Å². The number of amides is 1. The fourth-order valence-corrected chi connectivity index (χ4v) is 2.16. The molecule has 1 saturated heterocycles. The molecule has 1 aromatic carbocycles. The maximum absolute atomic E-state index is 11.9. The molecule has 1 N–H and O–H groups in total. The fourth-order valence-electron chi connectivity index (χ4n) is 2.16. The van der Waals surface area contributed by atoms with Crippen molar-refractivity contribution in [2.45, 2.75) is 32.3 Å². The molecule has 1 aliphatic heterocycles. The van der Waals surface area contributed by atoms with Crippen LogP contribution in [0.4, 0.5) is 0 Å². The molecule has 5 nitrogen and oxygen atoms in total. The van der Waals surface area contributed by atoms with Gasteiger partial charge in [-0.2, -0.15) is 0 Å². The maximum atomic E-state index is 11.9. The lowest BCUT2D eigenvalue weighted by Gasteiger charge is -2.18. The third kappa shape index (κ3) is 3.29. The molecular weight excluding hydrogens is 258 g/mol. The van der Waals surface area contributed by atoms with E-state index in [0.717, 1.165) is 12.8 Å². The Bertz CT molecular complexity index is 513. The lowest BCUT2D eigenvalue weighted by atomic mass is 10.1. The van der Waals surface area contributed by atoms with E-state index in [1.165, 1.54) is 14.0 Å². The van der Waals surface area contributed by atoms with Crippen LogP contribution in [0.3, 0.4) is 0 Å². The Balaban J connectivity index is 2.19. The average Bonchev–Trinajstić information content (AvgIpc) is 2.64. The predicted molar refractivity (Wildman–Crippen MR) is 74.3 cm³/mol. The smallest absolute Gasteiger partial charge is 0.261 e. The monoisotopic (exact) mass is 277 g/mol. The lowest BCUT2D eigenvalue weighted by Crippen LogP contribution is -2.36. The Hall–Kier alpha value is -2.04. The molecule has 1 aliphatic rings. The molecule has 5 heteroatoms. The summed E-state index contributed by atoms with van der Waals surface area (Å²) in [6.07, 6.45) is 2.08. The van der Waals surface area contributed by atoms with E-state index in [9.17, 15) is 9.59 Å². The molecule has 1 atom stereocenters. The van der Waals surface area contributed by atoms with Crippen molar-refractivity contribution in [1.82, 2.24) is 5.32 Å². The molecular formula is C15H19NO4. The van der Waals surface area contributed by atoms with E-state index in [2.05, 4.69) is 5.32 Å². The second-order valence-electron chi connectivity index (χ2n) is 4.82. The average molecular weight is 277 g/mol. The molecule has 0 radical (unpaired) electrons. The van der Waals surface area contributed by atoms with E-state index < -0.39 is 6.10 Å². The van der Waals surface area contributed by atoms with Crippen LogP contribution in [0, 0.1) is 0 Å². The first kappa shape index (κ1) is 14.4. The molecule has 1 aromatic rings. The largest absolute Gasteiger partial charge is 0.493 e. The van der Waals surface area contributed by atoms with Gasteiger partial charge >= 0.3 is 0 Å². The number of benzene rings is 1. The van der Waals surface area contributed by atoms with Gasteiger partial charge in [-0.15, -0.1) is 0 Å². The van der Waals surface area contributed by atoms with Crippen molar-refractivity contribution < 1.29 is 19.1 Å². The summed E-state index contributed by atoms with van der Waals surface area (Å²) < 4.78 is 11.0. The quantitative estimate of drug-likeness (QED) is 0.854. The van der Waals surface area contributed by atoms with Crippen molar-refractivity contribution >= 4 is 11.7 Å².